The summed E-state index contributed by atoms with van der Waals surface area (Å²) in [6.07, 6.45) is -0.912. The van der Waals surface area contributed by atoms with Crippen molar-refractivity contribution in [2.45, 2.75) is 13.0 Å². The molecule has 4 aromatic rings. The van der Waals surface area contributed by atoms with Crippen LogP contribution in [-0.2, 0) is 0 Å². The van der Waals surface area contributed by atoms with Gasteiger partial charge in [-0.1, -0.05) is 54.6 Å². The van der Waals surface area contributed by atoms with E-state index in [0.717, 1.165) is 0 Å². The molecule has 4 N–H and O–H groups in total. The highest BCUT2D eigenvalue weighted by atomic mass is 19.1. The summed E-state index contributed by atoms with van der Waals surface area (Å²) in [5.74, 6) is -2.74. The fourth-order valence-electron chi connectivity index (χ4n) is 3.27. The van der Waals surface area contributed by atoms with E-state index < -0.39 is 29.5 Å². The van der Waals surface area contributed by atoms with Crippen molar-refractivity contribution in [2.24, 2.45) is 5.73 Å². The maximum atomic E-state index is 14.8. The van der Waals surface area contributed by atoms with E-state index in [1.807, 2.05) is 18.2 Å². The maximum Gasteiger partial charge on any atom is 0.259 e. The van der Waals surface area contributed by atoms with E-state index in [0.29, 0.717) is 16.7 Å². The largest absolute Gasteiger partial charge is 0.436 e. The third-order valence-corrected chi connectivity index (χ3v) is 5.10. The number of hydrogen-bond acceptors (Lipinski definition) is 5. The van der Waals surface area contributed by atoms with Crippen molar-refractivity contribution >= 4 is 5.84 Å². The van der Waals surface area contributed by atoms with E-state index in [2.05, 4.69) is 4.98 Å². The van der Waals surface area contributed by atoms with Gasteiger partial charge in [0.2, 0.25) is 0 Å². The van der Waals surface area contributed by atoms with Crippen LogP contribution in [0.5, 0.6) is 23.3 Å². The van der Waals surface area contributed by atoms with Gasteiger partial charge in [-0.3, -0.25) is 5.41 Å². The molecule has 0 saturated heterocycles. The van der Waals surface area contributed by atoms with Crippen LogP contribution >= 0.6 is 0 Å². The molecule has 4 rings (SSSR count). The molecule has 0 spiro atoms. The lowest BCUT2D eigenvalue weighted by Crippen LogP contribution is -2.10. The van der Waals surface area contributed by atoms with E-state index in [1.54, 1.807) is 48.5 Å². The number of rotatable bonds is 7. The number of pyridine rings is 1. The van der Waals surface area contributed by atoms with Crippen LogP contribution in [0.1, 0.15) is 28.4 Å². The lowest BCUT2D eigenvalue weighted by molar-refractivity contribution is 0.220. The van der Waals surface area contributed by atoms with E-state index in [9.17, 15) is 13.9 Å². The molecule has 0 aliphatic heterocycles. The average molecular weight is 461 g/mol. The van der Waals surface area contributed by atoms with Crippen LogP contribution in [0, 0.1) is 24.0 Å². The molecule has 0 saturated carbocycles. The first-order valence-electron chi connectivity index (χ1n) is 10.3. The number of aromatic nitrogens is 1. The molecule has 172 valence electrons. The van der Waals surface area contributed by atoms with Crippen molar-refractivity contribution in [3.05, 3.63) is 113 Å². The predicted octanol–water partition coefficient (Wildman–Crippen LogP) is 5.62. The van der Waals surface area contributed by atoms with Crippen LogP contribution in [0.2, 0.25) is 0 Å². The molecule has 0 fully saturated rings. The van der Waals surface area contributed by atoms with Crippen molar-refractivity contribution in [1.82, 2.24) is 4.98 Å². The Bertz CT molecular complexity index is 1350. The van der Waals surface area contributed by atoms with Crippen LogP contribution in [-0.4, -0.2) is 15.9 Å². The molecule has 0 radical (unpaired) electrons. The van der Waals surface area contributed by atoms with Gasteiger partial charge in [-0.2, -0.15) is 4.98 Å². The van der Waals surface area contributed by atoms with Crippen molar-refractivity contribution < 1.29 is 23.4 Å². The molecule has 34 heavy (non-hydrogen) atoms. The normalized spacial score (nSPS) is 11.6. The molecule has 0 aliphatic rings. The highest BCUT2D eigenvalue weighted by molar-refractivity contribution is 5.95. The molecule has 6 nitrogen and oxygen atoms in total. The summed E-state index contributed by atoms with van der Waals surface area (Å²) in [4.78, 5) is 3.89. The Kier molecular flexibility index (Phi) is 6.51. The summed E-state index contributed by atoms with van der Waals surface area (Å²) in [5, 5.41) is 18.2. The zero-order valence-electron chi connectivity index (χ0n) is 18.1. The van der Waals surface area contributed by atoms with Crippen LogP contribution in [0.25, 0.3) is 0 Å². The van der Waals surface area contributed by atoms with Crippen LogP contribution in [0.4, 0.5) is 8.78 Å². The molecule has 3 aromatic carbocycles. The van der Waals surface area contributed by atoms with E-state index in [4.69, 9.17) is 20.6 Å². The van der Waals surface area contributed by atoms with Crippen LogP contribution < -0.4 is 15.2 Å². The number of amidine groups is 1. The molecule has 1 unspecified atom stereocenters. The van der Waals surface area contributed by atoms with Crippen molar-refractivity contribution in [1.29, 1.82) is 5.41 Å². The lowest BCUT2D eigenvalue weighted by Gasteiger charge is -2.15. The smallest absolute Gasteiger partial charge is 0.259 e. The molecular formula is C26H21F2N3O3. The second-order valence-electron chi connectivity index (χ2n) is 7.51. The minimum absolute atomic E-state index is 0.170. The van der Waals surface area contributed by atoms with E-state index in [-0.39, 0.29) is 22.9 Å². The van der Waals surface area contributed by atoms with E-state index in [1.165, 1.54) is 19.1 Å². The van der Waals surface area contributed by atoms with E-state index >= 15 is 0 Å². The molecule has 0 bridgehead atoms. The van der Waals surface area contributed by atoms with Crippen LogP contribution in [0.3, 0.4) is 0 Å². The molecule has 8 heteroatoms. The van der Waals surface area contributed by atoms with Crippen molar-refractivity contribution in [3.8, 4) is 23.3 Å². The Balaban J connectivity index is 1.63. The molecule has 1 heterocycles. The number of nitrogen functional groups attached to an aromatic ring is 1. The number of ether oxygens (including phenoxy) is 2. The first kappa shape index (κ1) is 22.9. The summed E-state index contributed by atoms with van der Waals surface area (Å²) in [7, 11) is 0. The first-order chi connectivity index (χ1) is 16.3. The number of nitrogens with zero attached hydrogens (tertiary/aromatic N) is 1. The lowest BCUT2D eigenvalue weighted by atomic mass is 10.0. The van der Waals surface area contributed by atoms with Gasteiger partial charge in [-0.25, -0.2) is 8.78 Å². The highest BCUT2D eigenvalue weighted by Crippen LogP contribution is 2.34. The predicted molar refractivity (Wildman–Crippen MR) is 123 cm³/mol. The molecule has 0 amide bonds. The SMILES string of the molecule is Cc1c(F)c(Oc2cccc(C(=N)N)c2)nc(Oc2cccc(C(O)c3ccccc3)c2)c1F. The van der Waals surface area contributed by atoms with Crippen molar-refractivity contribution in [3.63, 3.8) is 0 Å². The Labute approximate surface area is 194 Å². The van der Waals surface area contributed by atoms with Crippen LogP contribution in [0.15, 0.2) is 78.9 Å². The van der Waals surface area contributed by atoms with Gasteiger partial charge in [0.15, 0.2) is 11.6 Å². The number of aliphatic hydroxyl groups excluding tert-OH is 1. The maximum absolute atomic E-state index is 14.8. The van der Waals surface area contributed by atoms with Gasteiger partial charge in [0, 0.05) is 11.1 Å². The fraction of sp³-hybridized carbons (Fsp3) is 0.0769. The first-order valence-corrected chi connectivity index (χ1v) is 10.3. The summed E-state index contributed by atoms with van der Waals surface area (Å²) in [5.41, 5.74) is 6.74. The summed E-state index contributed by atoms with van der Waals surface area (Å²) in [6, 6.07) is 21.7. The quantitative estimate of drug-likeness (QED) is 0.245. The van der Waals surface area contributed by atoms with Gasteiger partial charge in [-0.05, 0) is 42.3 Å². The second-order valence-corrected chi connectivity index (χ2v) is 7.51. The molecule has 1 atom stereocenters. The Morgan fingerprint density at radius 3 is 2.03 bits per heavy atom. The van der Waals surface area contributed by atoms with Gasteiger partial charge in [0.1, 0.15) is 23.4 Å². The molecule has 0 aliphatic carbocycles. The third-order valence-electron chi connectivity index (χ3n) is 5.10. The zero-order chi connectivity index (χ0) is 24.2. The molecule has 1 aromatic heterocycles. The second kappa shape index (κ2) is 9.68. The minimum Gasteiger partial charge on any atom is -0.436 e. The number of halogens is 2. The summed E-state index contributed by atoms with van der Waals surface area (Å²) >= 11 is 0. The van der Waals surface area contributed by atoms with Gasteiger partial charge < -0.3 is 20.3 Å². The molecular weight excluding hydrogens is 440 g/mol. The number of aliphatic hydroxyl groups is 1. The van der Waals surface area contributed by atoms with Gasteiger partial charge in [0.05, 0.1) is 0 Å². The standard InChI is InChI=1S/C26H21F2N3O3/c1-15-21(27)25(31-26(22(15)28)34-20-12-6-10-18(14-20)24(29)30)33-19-11-5-9-17(13-19)23(32)16-7-3-2-4-8-16/h2-14,23,32H,1H3,(H3,29,30). The highest BCUT2D eigenvalue weighted by Gasteiger charge is 2.21. The number of hydrogen-bond donors (Lipinski definition) is 3. The number of nitrogens with two attached hydrogens (primary N) is 1. The van der Waals surface area contributed by atoms with Gasteiger partial charge >= 0.3 is 0 Å². The van der Waals surface area contributed by atoms with Gasteiger partial charge in [-0.15, -0.1) is 0 Å². The Morgan fingerprint density at radius 2 is 1.41 bits per heavy atom. The number of benzene rings is 3. The Morgan fingerprint density at radius 1 is 0.853 bits per heavy atom. The summed E-state index contributed by atoms with van der Waals surface area (Å²) < 4.78 is 40.6. The summed E-state index contributed by atoms with van der Waals surface area (Å²) in [6.45, 7) is 1.24. The monoisotopic (exact) mass is 461 g/mol. The fourth-order valence-corrected chi connectivity index (χ4v) is 3.27. The Hall–Kier alpha value is -4.30. The van der Waals surface area contributed by atoms with Crippen molar-refractivity contribution in [2.75, 3.05) is 0 Å². The number of nitrogens with one attached hydrogen (secondary N) is 1. The minimum atomic E-state index is -0.980. The third kappa shape index (κ3) is 4.87. The topological polar surface area (TPSA) is 101 Å². The zero-order valence-corrected chi connectivity index (χ0v) is 18.1. The average Bonchev–Trinajstić information content (AvgIpc) is 2.86. The van der Waals surface area contributed by atoms with Gasteiger partial charge in [0.25, 0.3) is 11.8 Å².